The Morgan fingerprint density at radius 1 is 1.00 bits per heavy atom. The van der Waals surface area contributed by atoms with Gasteiger partial charge in [0.15, 0.2) is 17.0 Å². The van der Waals surface area contributed by atoms with Gasteiger partial charge in [-0.05, 0) is 48.7 Å². The first-order valence-corrected chi connectivity index (χ1v) is 15.1. The molecule has 5 N–H and O–H groups in total. The van der Waals surface area contributed by atoms with Crippen LogP contribution in [0.2, 0.25) is 0 Å². The van der Waals surface area contributed by atoms with Crippen LogP contribution < -0.4 is 16.0 Å². The van der Waals surface area contributed by atoms with Gasteiger partial charge in [-0.25, -0.2) is 4.98 Å². The number of piperidine rings is 1. The van der Waals surface area contributed by atoms with Crippen molar-refractivity contribution < 1.29 is 15.0 Å². The van der Waals surface area contributed by atoms with Crippen LogP contribution in [0.1, 0.15) is 50.6 Å². The summed E-state index contributed by atoms with van der Waals surface area (Å²) < 4.78 is 1.81. The van der Waals surface area contributed by atoms with Gasteiger partial charge in [-0.1, -0.05) is 55.8 Å². The molecule has 2 fully saturated rings. The maximum Gasteiger partial charge on any atom is 0.226 e. The number of aliphatic hydroxyl groups excluding tert-OH is 2. The lowest BCUT2D eigenvalue weighted by molar-refractivity contribution is -0.122. The number of carbonyl (C=O) groups is 1. The van der Waals surface area contributed by atoms with Crippen LogP contribution in [0.15, 0.2) is 48.8 Å². The van der Waals surface area contributed by atoms with Gasteiger partial charge in [0.2, 0.25) is 11.9 Å². The molecular formula is C31H40N8O3. The van der Waals surface area contributed by atoms with Crippen LogP contribution in [-0.4, -0.2) is 85.0 Å². The van der Waals surface area contributed by atoms with E-state index in [0.717, 1.165) is 25.2 Å². The zero-order chi connectivity index (χ0) is 29.1. The first-order chi connectivity index (χ1) is 20.5. The zero-order valence-corrected chi connectivity index (χ0v) is 24.0. The van der Waals surface area contributed by atoms with Gasteiger partial charge in [0, 0.05) is 26.1 Å². The number of amides is 1. The lowest BCUT2D eigenvalue weighted by Crippen LogP contribution is -2.42. The molecule has 11 heteroatoms. The van der Waals surface area contributed by atoms with Crippen molar-refractivity contribution in [2.75, 3.05) is 36.8 Å². The second kappa shape index (κ2) is 12.6. The second-order valence-electron chi connectivity index (χ2n) is 11.4. The number of benzene rings is 2. The van der Waals surface area contributed by atoms with Gasteiger partial charge in [0.1, 0.15) is 12.2 Å². The van der Waals surface area contributed by atoms with Crippen LogP contribution in [-0.2, 0) is 11.3 Å². The minimum absolute atomic E-state index is 0.162. The Morgan fingerprint density at radius 3 is 2.64 bits per heavy atom. The zero-order valence-electron chi connectivity index (χ0n) is 24.0. The fraction of sp³-hybridized carbons (Fsp3) is 0.484. The van der Waals surface area contributed by atoms with E-state index in [1.807, 2.05) is 16.7 Å². The van der Waals surface area contributed by atoms with Gasteiger partial charge in [-0.15, -0.1) is 0 Å². The Bertz CT molecular complexity index is 1530. The molecule has 4 aromatic rings. The van der Waals surface area contributed by atoms with Crippen LogP contribution in [0.4, 0.5) is 11.8 Å². The van der Waals surface area contributed by atoms with Gasteiger partial charge in [0.05, 0.1) is 18.4 Å². The fourth-order valence-corrected chi connectivity index (χ4v) is 6.23. The molecule has 1 saturated carbocycles. The number of carbonyl (C=O) groups excluding carboxylic acids is 1. The first-order valence-electron chi connectivity index (χ1n) is 15.1. The molecule has 42 heavy (non-hydrogen) atoms. The number of hydrogen-bond donors (Lipinski definition) is 5. The van der Waals surface area contributed by atoms with Crippen LogP contribution in [0, 0.1) is 0 Å². The quantitative estimate of drug-likeness (QED) is 0.194. The smallest absolute Gasteiger partial charge is 0.226 e. The monoisotopic (exact) mass is 572 g/mol. The minimum Gasteiger partial charge on any atom is -0.388 e. The van der Waals surface area contributed by atoms with Crippen molar-refractivity contribution in [3.05, 3.63) is 54.4 Å². The molecule has 6 rings (SSSR count). The number of aliphatic hydroxyl groups is 2. The van der Waals surface area contributed by atoms with Crippen molar-refractivity contribution in [1.82, 2.24) is 29.7 Å². The average molecular weight is 573 g/mol. The van der Waals surface area contributed by atoms with Crippen molar-refractivity contribution in [2.45, 2.75) is 69.9 Å². The molecule has 1 aliphatic carbocycles. The molecule has 2 aromatic carbocycles. The van der Waals surface area contributed by atoms with E-state index in [0.29, 0.717) is 48.9 Å². The highest BCUT2D eigenvalue weighted by Crippen LogP contribution is 2.34. The Labute approximate surface area is 245 Å². The number of hydrogen-bond acceptors (Lipinski definition) is 9. The summed E-state index contributed by atoms with van der Waals surface area (Å²) in [5.41, 5.74) is 2.28. The van der Waals surface area contributed by atoms with Gasteiger partial charge >= 0.3 is 0 Å². The topological polar surface area (TPSA) is 140 Å². The Kier molecular flexibility index (Phi) is 8.50. The van der Waals surface area contributed by atoms with Crippen LogP contribution in [0.25, 0.3) is 21.9 Å². The third-order valence-electron chi connectivity index (χ3n) is 8.58. The molecule has 2 aromatic heterocycles. The van der Waals surface area contributed by atoms with E-state index < -0.39 is 24.3 Å². The predicted octanol–water partition coefficient (Wildman–Crippen LogP) is 3.05. The van der Waals surface area contributed by atoms with E-state index >= 15 is 0 Å². The summed E-state index contributed by atoms with van der Waals surface area (Å²) in [5, 5.41) is 33.8. The molecule has 4 atom stereocenters. The van der Waals surface area contributed by atoms with Crippen LogP contribution in [0.5, 0.6) is 0 Å². The Morgan fingerprint density at radius 2 is 1.81 bits per heavy atom. The number of rotatable bonds is 10. The third-order valence-corrected chi connectivity index (χ3v) is 8.58. The van der Waals surface area contributed by atoms with Crippen molar-refractivity contribution in [1.29, 1.82) is 0 Å². The van der Waals surface area contributed by atoms with Crippen LogP contribution >= 0.6 is 0 Å². The van der Waals surface area contributed by atoms with Crippen molar-refractivity contribution in [2.24, 2.45) is 0 Å². The molecule has 1 amide bonds. The van der Waals surface area contributed by atoms with E-state index in [9.17, 15) is 15.0 Å². The highest BCUT2D eigenvalue weighted by Gasteiger charge is 2.43. The first kappa shape index (κ1) is 28.3. The summed E-state index contributed by atoms with van der Waals surface area (Å²) in [4.78, 5) is 28.8. The molecule has 222 valence electrons. The number of imidazole rings is 1. The predicted molar refractivity (Wildman–Crippen MR) is 163 cm³/mol. The Balaban J connectivity index is 1.29. The molecule has 11 nitrogen and oxygen atoms in total. The lowest BCUT2D eigenvalue weighted by Gasteiger charge is -2.26. The maximum absolute atomic E-state index is 12.0. The summed E-state index contributed by atoms with van der Waals surface area (Å²) in [6.45, 7) is 6.15. The minimum atomic E-state index is -1.09. The molecule has 0 radical (unpaired) electrons. The summed E-state index contributed by atoms with van der Waals surface area (Å²) >= 11 is 0. The fourth-order valence-electron chi connectivity index (χ4n) is 6.23. The van der Waals surface area contributed by atoms with E-state index in [2.05, 4.69) is 56.2 Å². The van der Waals surface area contributed by atoms with Crippen LogP contribution in [0.3, 0.4) is 0 Å². The van der Waals surface area contributed by atoms with Crippen molar-refractivity contribution in [3.63, 3.8) is 0 Å². The molecule has 2 aliphatic rings. The number of nitrogens with zero attached hydrogens (tertiary/aromatic N) is 5. The SMILES string of the molecule is CCC(=O)N[C@H]1C[C@@H](n2cnc3c(NCc4cccc5ccccc45)nc(NCCN4CCCCC4)nc32)[C@H](O)[C@@H]1O. The molecule has 0 unspecified atom stereocenters. The van der Waals surface area contributed by atoms with E-state index in [1.54, 1.807) is 13.3 Å². The average Bonchev–Trinajstić information content (AvgIpc) is 3.56. The number of aromatic nitrogens is 4. The summed E-state index contributed by atoms with van der Waals surface area (Å²) in [6, 6.07) is 13.5. The van der Waals surface area contributed by atoms with Gasteiger partial charge in [-0.3, -0.25) is 4.79 Å². The van der Waals surface area contributed by atoms with Crippen molar-refractivity contribution in [3.8, 4) is 0 Å². The molecule has 3 heterocycles. The van der Waals surface area contributed by atoms with E-state index in [4.69, 9.17) is 9.97 Å². The summed E-state index contributed by atoms with van der Waals surface area (Å²) in [5.74, 6) is 0.909. The normalized spacial score (nSPS) is 22.9. The van der Waals surface area contributed by atoms with Gasteiger partial charge in [0.25, 0.3) is 0 Å². The molecule has 1 aliphatic heterocycles. The van der Waals surface area contributed by atoms with Gasteiger partial charge < -0.3 is 35.6 Å². The van der Waals surface area contributed by atoms with E-state index in [1.165, 1.54) is 30.0 Å². The molecule has 1 saturated heterocycles. The lowest BCUT2D eigenvalue weighted by atomic mass is 10.0. The molecule has 0 spiro atoms. The highest BCUT2D eigenvalue weighted by atomic mass is 16.3. The Hall–Kier alpha value is -3.80. The summed E-state index contributed by atoms with van der Waals surface area (Å²) in [6.07, 6.45) is 3.91. The largest absolute Gasteiger partial charge is 0.388 e. The number of nitrogens with one attached hydrogen (secondary N) is 3. The summed E-state index contributed by atoms with van der Waals surface area (Å²) in [7, 11) is 0. The second-order valence-corrected chi connectivity index (χ2v) is 11.4. The third kappa shape index (κ3) is 5.90. The highest BCUT2D eigenvalue weighted by molar-refractivity contribution is 5.87. The van der Waals surface area contributed by atoms with Gasteiger partial charge in [-0.2, -0.15) is 9.97 Å². The number of likely N-dealkylation sites (tertiary alicyclic amines) is 1. The number of fused-ring (bicyclic) bond motifs is 2. The molecular weight excluding hydrogens is 532 g/mol. The molecule has 0 bridgehead atoms. The van der Waals surface area contributed by atoms with E-state index in [-0.39, 0.29) is 5.91 Å². The van der Waals surface area contributed by atoms with Crippen molar-refractivity contribution >= 4 is 39.6 Å². The maximum atomic E-state index is 12.0. The standard InChI is InChI=1S/C31H40N8O3/c1-2-25(40)35-23-17-24(28(42)27(23)41)39-19-34-26-29(33-18-21-11-8-10-20-9-4-5-12-22(20)21)36-31(37-30(26)39)32-13-16-38-14-6-3-7-15-38/h4-5,8-12,19,23-24,27-28,41-42H,2-3,6-7,13-18H2,1H3,(H,35,40)(H2,32,33,36,37)/t23-,24+,27+,28-/m0/s1. The number of anilines is 2.